The van der Waals surface area contributed by atoms with E-state index in [9.17, 15) is 9.90 Å². The monoisotopic (exact) mass is 281 g/mol. The Morgan fingerprint density at radius 1 is 1.19 bits per heavy atom. The van der Waals surface area contributed by atoms with Gasteiger partial charge in [-0.1, -0.05) is 41.6 Å². The molecule has 5 nitrogen and oxygen atoms in total. The molecule has 3 aromatic rings. The zero-order chi connectivity index (χ0) is 14.8. The third kappa shape index (κ3) is 2.50. The van der Waals surface area contributed by atoms with Gasteiger partial charge >= 0.3 is 5.97 Å². The van der Waals surface area contributed by atoms with Gasteiger partial charge in [-0.05, 0) is 31.0 Å². The van der Waals surface area contributed by atoms with E-state index < -0.39 is 5.97 Å². The molecule has 1 heterocycles. The molecule has 106 valence electrons. The number of carboxylic acids is 1. The summed E-state index contributed by atoms with van der Waals surface area (Å²) in [4.78, 5) is 11.4. The molecule has 0 amide bonds. The van der Waals surface area contributed by atoms with E-state index in [-0.39, 0.29) is 11.6 Å². The molecule has 1 atom stereocenters. The molecule has 0 bridgehead atoms. The molecule has 1 aromatic heterocycles. The van der Waals surface area contributed by atoms with Crippen molar-refractivity contribution in [1.29, 1.82) is 0 Å². The first-order valence-corrected chi connectivity index (χ1v) is 6.78. The van der Waals surface area contributed by atoms with E-state index in [2.05, 4.69) is 10.3 Å². The molecule has 0 fully saturated rings. The second-order valence-electron chi connectivity index (χ2n) is 5.05. The summed E-state index contributed by atoms with van der Waals surface area (Å²) >= 11 is 0. The maximum Gasteiger partial charge on any atom is 0.337 e. The van der Waals surface area contributed by atoms with Gasteiger partial charge in [0.05, 0.1) is 11.6 Å². The third-order valence-corrected chi connectivity index (χ3v) is 3.51. The summed E-state index contributed by atoms with van der Waals surface area (Å²) in [5, 5.41) is 17.5. The fourth-order valence-electron chi connectivity index (χ4n) is 2.52. The Bertz CT molecular complexity index is 781. The number of hydrogen-bond acceptors (Lipinski definition) is 3. The second-order valence-corrected chi connectivity index (χ2v) is 5.05. The minimum absolute atomic E-state index is 0.0258. The lowest BCUT2D eigenvalue weighted by Gasteiger charge is -2.13. The number of aromatic carboxylic acids is 1. The number of fused-ring (bicyclic) bond motifs is 1. The molecule has 2 aromatic carbocycles. The molecule has 3 rings (SSSR count). The quantitative estimate of drug-likeness (QED) is 0.798. The molecule has 0 saturated carbocycles. The number of rotatable bonds is 4. The summed E-state index contributed by atoms with van der Waals surface area (Å²) in [6.07, 6.45) is 0.771. The Morgan fingerprint density at radius 3 is 2.67 bits per heavy atom. The largest absolute Gasteiger partial charge is 0.478 e. The summed E-state index contributed by atoms with van der Waals surface area (Å²) in [5.41, 5.74) is 2.60. The van der Waals surface area contributed by atoms with Crippen LogP contribution >= 0.6 is 0 Å². The van der Waals surface area contributed by atoms with Crippen LogP contribution < -0.4 is 0 Å². The first kappa shape index (κ1) is 13.3. The highest BCUT2D eigenvalue weighted by atomic mass is 16.4. The molecule has 0 aliphatic rings. The highest BCUT2D eigenvalue weighted by molar-refractivity contribution is 6.00. The Balaban J connectivity index is 2.02. The van der Waals surface area contributed by atoms with Gasteiger partial charge in [-0.2, -0.15) is 0 Å². The molecule has 0 radical (unpaired) electrons. The molecule has 0 saturated heterocycles. The Kier molecular flexibility index (Phi) is 3.39. The van der Waals surface area contributed by atoms with Crippen LogP contribution in [0.4, 0.5) is 0 Å². The number of para-hydroxylation sites is 1. The van der Waals surface area contributed by atoms with Crippen molar-refractivity contribution >= 4 is 17.0 Å². The highest BCUT2D eigenvalue weighted by Crippen LogP contribution is 2.22. The Labute approximate surface area is 121 Å². The number of hydrogen-bond donors (Lipinski definition) is 1. The molecule has 1 N–H and O–H groups in total. The van der Waals surface area contributed by atoms with E-state index in [0.29, 0.717) is 11.0 Å². The van der Waals surface area contributed by atoms with Gasteiger partial charge in [0.25, 0.3) is 0 Å². The van der Waals surface area contributed by atoms with Crippen LogP contribution in [0.5, 0.6) is 0 Å². The summed E-state index contributed by atoms with van der Waals surface area (Å²) in [5.74, 6) is -0.962. The summed E-state index contributed by atoms with van der Waals surface area (Å²) in [7, 11) is 0. The van der Waals surface area contributed by atoms with Crippen LogP contribution in [0.2, 0.25) is 0 Å². The maximum absolute atomic E-state index is 11.4. The van der Waals surface area contributed by atoms with Crippen LogP contribution in [0.15, 0.2) is 48.5 Å². The lowest BCUT2D eigenvalue weighted by Crippen LogP contribution is -2.12. The fourth-order valence-corrected chi connectivity index (χ4v) is 2.52. The lowest BCUT2D eigenvalue weighted by atomic mass is 10.1. The van der Waals surface area contributed by atoms with Crippen molar-refractivity contribution in [2.24, 2.45) is 0 Å². The van der Waals surface area contributed by atoms with Crippen LogP contribution in [0.25, 0.3) is 11.0 Å². The predicted octanol–water partition coefficient (Wildman–Crippen LogP) is 2.93. The van der Waals surface area contributed by atoms with Crippen LogP contribution in [-0.2, 0) is 6.42 Å². The second kappa shape index (κ2) is 5.36. The first-order valence-electron chi connectivity index (χ1n) is 6.78. The highest BCUT2D eigenvalue weighted by Gasteiger charge is 2.18. The van der Waals surface area contributed by atoms with E-state index in [0.717, 1.165) is 6.42 Å². The van der Waals surface area contributed by atoms with E-state index >= 15 is 0 Å². The minimum Gasteiger partial charge on any atom is -0.478 e. The van der Waals surface area contributed by atoms with Crippen LogP contribution in [0.1, 0.15) is 28.9 Å². The smallest absolute Gasteiger partial charge is 0.337 e. The van der Waals surface area contributed by atoms with Gasteiger partial charge < -0.3 is 5.11 Å². The van der Waals surface area contributed by atoms with Crippen molar-refractivity contribution in [1.82, 2.24) is 15.0 Å². The van der Waals surface area contributed by atoms with Crippen molar-refractivity contribution in [2.75, 3.05) is 0 Å². The minimum atomic E-state index is -0.962. The van der Waals surface area contributed by atoms with E-state index in [1.54, 1.807) is 22.9 Å². The summed E-state index contributed by atoms with van der Waals surface area (Å²) in [6, 6.07) is 15.1. The SMILES string of the molecule is CC(Cc1ccccc1)n1nnc2cccc(C(=O)O)c21. The molecular formula is C16H15N3O2. The van der Waals surface area contributed by atoms with Crippen LogP contribution in [0, 0.1) is 0 Å². The lowest BCUT2D eigenvalue weighted by molar-refractivity contribution is 0.0698. The number of nitrogens with zero attached hydrogens (tertiary/aromatic N) is 3. The predicted molar refractivity (Wildman–Crippen MR) is 79.3 cm³/mol. The van der Waals surface area contributed by atoms with Crippen LogP contribution in [0.3, 0.4) is 0 Å². The molecule has 21 heavy (non-hydrogen) atoms. The van der Waals surface area contributed by atoms with E-state index in [1.165, 1.54) is 5.56 Å². The molecular weight excluding hydrogens is 266 g/mol. The zero-order valence-corrected chi connectivity index (χ0v) is 11.6. The molecule has 0 aliphatic heterocycles. The average Bonchev–Trinajstić information content (AvgIpc) is 2.92. The average molecular weight is 281 g/mol. The van der Waals surface area contributed by atoms with Gasteiger partial charge in [-0.15, -0.1) is 5.10 Å². The van der Waals surface area contributed by atoms with Crippen molar-refractivity contribution in [3.63, 3.8) is 0 Å². The number of benzene rings is 2. The van der Waals surface area contributed by atoms with Gasteiger partial charge in [0, 0.05) is 0 Å². The number of carbonyl (C=O) groups is 1. The third-order valence-electron chi connectivity index (χ3n) is 3.51. The van der Waals surface area contributed by atoms with Crippen molar-refractivity contribution in [3.8, 4) is 0 Å². The topological polar surface area (TPSA) is 68.0 Å². The molecule has 1 unspecified atom stereocenters. The zero-order valence-electron chi connectivity index (χ0n) is 11.6. The van der Waals surface area contributed by atoms with Gasteiger partial charge in [0.2, 0.25) is 0 Å². The van der Waals surface area contributed by atoms with Crippen LogP contribution in [-0.4, -0.2) is 26.1 Å². The van der Waals surface area contributed by atoms with Crippen molar-refractivity contribution < 1.29 is 9.90 Å². The normalized spacial score (nSPS) is 12.4. The molecule has 0 spiro atoms. The Morgan fingerprint density at radius 2 is 1.95 bits per heavy atom. The number of carboxylic acid groups (broad SMARTS) is 1. The van der Waals surface area contributed by atoms with E-state index in [1.807, 2.05) is 37.3 Å². The van der Waals surface area contributed by atoms with Crippen molar-refractivity contribution in [2.45, 2.75) is 19.4 Å². The molecule has 5 heteroatoms. The number of aromatic nitrogens is 3. The van der Waals surface area contributed by atoms with Crippen molar-refractivity contribution in [3.05, 3.63) is 59.7 Å². The Hall–Kier alpha value is -2.69. The first-order chi connectivity index (χ1) is 10.2. The van der Waals surface area contributed by atoms with Gasteiger partial charge in [0.1, 0.15) is 11.0 Å². The van der Waals surface area contributed by atoms with E-state index in [4.69, 9.17) is 0 Å². The maximum atomic E-state index is 11.4. The standard InChI is InChI=1S/C16H15N3O2/c1-11(10-12-6-3-2-4-7-12)19-15-13(16(20)21)8-5-9-14(15)17-18-19/h2-9,11H,10H2,1H3,(H,20,21). The van der Waals surface area contributed by atoms with Gasteiger partial charge in [-0.25, -0.2) is 9.48 Å². The van der Waals surface area contributed by atoms with Gasteiger partial charge in [0.15, 0.2) is 0 Å². The molecule has 0 aliphatic carbocycles. The summed E-state index contributed by atoms with van der Waals surface area (Å²) in [6.45, 7) is 2.01. The fraction of sp³-hybridized carbons (Fsp3) is 0.188. The van der Waals surface area contributed by atoms with Gasteiger partial charge in [-0.3, -0.25) is 0 Å². The summed E-state index contributed by atoms with van der Waals surface area (Å²) < 4.78 is 1.70.